The summed E-state index contributed by atoms with van der Waals surface area (Å²) in [4.78, 5) is 13.5. The maximum atomic E-state index is 11.7. The predicted molar refractivity (Wildman–Crippen MR) is 75.2 cm³/mol. The van der Waals surface area contributed by atoms with Crippen LogP contribution >= 0.6 is 24.8 Å². The number of halogens is 2. The van der Waals surface area contributed by atoms with Gasteiger partial charge in [0, 0.05) is 13.1 Å². The molecule has 0 bridgehead atoms. The average molecular weight is 284 g/mol. The van der Waals surface area contributed by atoms with E-state index in [9.17, 15) is 4.79 Å². The summed E-state index contributed by atoms with van der Waals surface area (Å²) in [7, 11) is 0. The van der Waals surface area contributed by atoms with E-state index >= 15 is 0 Å². The van der Waals surface area contributed by atoms with Crippen LogP contribution < -0.4 is 0 Å². The molecule has 1 saturated heterocycles. The van der Waals surface area contributed by atoms with Gasteiger partial charge in [0.05, 0.1) is 0 Å². The van der Waals surface area contributed by atoms with Gasteiger partial charge in [-0.2, -0.15) is 0 Å². The zero-order valence-corrected chi connectivity index (χ0v) is 12.4. The number of carbonyl (C=O) groups is 1. The molecule has 0 unspecified atom stereocenters. The standard InChI is InChI=1S/C12H21NO2.2ClH/c1-5-10-6-8-13(9-7-10)11(14)15-12(2,3)4;;/h5,10H,1,6-9H2,2-4H3;2*1H. The summed E-state index contributed by atoms with van der Waals surface area (Å²) in [5.41, 5.74) is -0.396. The SMILES string of the molecule is C=CC1CCN(C(=O)OC(C)(C)C)CC1.Cl.Cl. The van der Waals surface area contributed by atoms with Crippen LogP contribution in [0.2, 0.25) is 0 Å². The zero-order valence-electron chi connectivity index (χ0n) is 10.8. The van der Waals surface area contributed by atoms with Gasteiger partial charge in [-0.1, -0.05) is 6.08 Å². The summed E-state index contributed by atoms with van der Waals surface area (Å²) in [5, 5.41) is 0. The minimum atomic E-state index is -0.396. The van der Waals surface area contributed by atoms with Gasteiger partial charge in [-0.15, -0.1) is 31.4 Å². The van der Waals surface area contributed by atoms with Crippen LogP contribution in [0.1, 0.15) is 33.6 Å². The molecule has 1 aliphatic rings. The Morgan fingerprint density at radius 1 is 1.29 bits per heavy atom. The van der Waals surface area contributed by atoms with Gasteiger partial charge in [0.1, 0.15) is 5.60 Å². The van der Waals surface area contributed by atoms with Gasteiger partial charge in [0.15, 0.2) is 0 Å². The molecule has 5 heteroatoms. The fourth-order valence-electron chi connectivity index (χ4n) is 1.64. The number of amides is 1. The van der Waals surface area contributed by atoms with Gasteiger partial charge in [-0.3, -0.25) is 0 Å². The molecule has 0 N–H and O–H groups in total. The molecule has 0 aromatic heterocycles. The van der Waals surface area contributed by atoms with Crippen LogP contribution in [0, 0.1) is 5.92 Å². The molecule has 1 heterocycles. The van der Waals surface area contributed by atoms with E-state index in [1.54, 1.807) is 4.90 Å². The number of hydrogen-bond donors (Lipinski definition) is 0. The van der Waals surface area contributed by atoms with Crippen LogP contribution in [-0.4, -0.2) is 29.7 Å². The molecule has 0 atom stereocenters. The van der Waals surface area contributed by atoms with E-state index in [1.165, 1.54) is 0 Å². The van der Waals surface area contributed by atoms with Crippen LogP contribution in [0.15, 0.2) is 12.7 Å². The summed E-state index contributed by atoms with van der Waals surface area (Å²) in [6.07, 6.45) is 3.79. The van der Waals surface area contributed by atoms with E-state index in [0.717, 1.165) is 25.9 Å². The van der Waals surface area contributed by atoms with E-state index in [1.807, 2.05) is 26.8 Å². The molecule has 1 fully saturated rings. The molecule has 1 rings (SSSR count). The van der Waals surface area contributed by atoms with Crippen LogP contribution in [0.3, 0.4) is 0 Å². The Morgan fingerprint density at radius 3 is 2.12 bits per heavy atom. The van der Waals surface area contributed by atoms with Gasteiger partial charge in [0.2, 0.25) is 0 Å². The second kappa shape index (κ2) is 7.83. The van der Waals surface area contributed by atoms with Crippen molar-refractivity contribution in [3.8, 4) is 0 Å². The van der Waals surface area contributed by atoms with Crippen molar-refractivity contribution in [1.82, 2.24) is 4.90 Å². The molecular weight excluding hydrogens is 261 g/mol. The molecule has 0 aliphatic carbocycles. The van der Waals surface area contributed by atoms with Crippen molar-refractivity contribution in [2.24, 2.45) is 5.92 Å². The first-order chi connectivity index (χ1) is 6.92. The maximum Gasteiger partial charge on any atom is 0.410 e. The topological polar surface area (TPSA) is 29.5 Å². The Labute approximate surface area is 116 Å². The van der Waals surface area contributed by atoms with Crippen molar-refractivity contribution in [2.75, 3.05) is 13.1 Å². The molecule has 102 valence electrons. The highest BCUT2D eigenvalue weighted by Crippen LogP contribution is 2.19. The third kappa shape index (κ3) is 6.79. The highest BCUT2D eigenvalue weighted by molar-refractivity contribution is 5.85. The Hall–Kier alpha value is -0.410. The Balaban J connectivity index is 0. The van der Waals surface area contributed by atoms with E-state index in [0.29, 0.717) is 5.92 Å². The maximum absolute atomic E-state index is 11.7. The molecule has 0 aromatic carbocycles. The fourth-order valence-corrected chi connectivity index (χ4v) is 1.64. The summed E-state index contributed by atoms with van der Waals surface area (Å²) in [6, 6.07) is 0. The molecule has 17 heavy (non-hydrogen) atoms. The van der Waals surface area contributed by atoms with Crippen LogP contribution in [0.5, 0.6) is 0 Å². The van der Waals surface area contributed by atoms with Crippen LogP contribution in [0.4, 0.5) is 4.79 Å². The van der Waals surface area contributed by atoms with Gasteiger partial charge < -0.3 is 9.64 Å². The van der Waals surface area contributed by atoms with E-state index in [4.69, 9.17) is 4.74 Å². The normalized spacial score (nSPS) is 16.5. The number of likely N-dealkylation sites (tertiary alicyclic amines) is 1. The van der Waals surface area contributed by atoms with Crippen molar-refractivity contribution in [3.05, 3.63) is 12.7 Å². The van der Waals surface area contributed by atoms with Crippen molar-refractivity contribution in [1.29, 1.82) is 0 Å². The van der Waals surface area contributed by atoms with Gasteiger partial charge in [0.25, 0.3) is 0 Å². The Bertz CT molecular complexity index is 243. The fraction of sp³-hybridized carbons (Fsp3) is 0.750. The minimum absolute atomic E-state index is 0. The lowest BCUT2D eigenvalue weighted by atomic mass is 9.97. The lowest BCUT2D eigenvalue weighted by Gasteiger charge is -2.32. The summed E-state index contributed by atoms with van der Waals surface area (Å²) >= 11 is 0. The van der Waals surface area contributed by atoms with E-state index in [-0.39, 0.29) is 30.9 Å². The number of carbonyl (C=O) groups excluding carboxylic acids is 1. The molecular formula is C12H23Cl2NO2. The van der Waals surface area contributed by atoms with Crippen LogP contribution in [-0.2, 0) is 4.74 Å². The third-order valence-electron chi connectivity index (χ3n) is 2.52. The monoisotopic (exact) mass is 283 g/mol. The van der Waals surface area contributed by atoms with Crippen molar-refractivity contribution < 1.29 is 9.53 Å². The van der Waals surface area contributed by atoms with Gasteiger partial charge in [-0.25, -0.2) is 4.79 Å². The highest BCUT2D eigenvalue weighted by Gasteiger charge is 2.25. The molecule has 0 saturated carbocycles. The number of allylic oxidation sites excluding steroid dienone is 1. The number of rotatable bonds is 1. The molecule has 0 radical (unpaired) electrons. The molecule has 1 aliphatic heterocycles. The van der Waals surface area contributed by atoms with Gasteiger partial charge in [-0.05, 0) is 39.5 Å². The van der Waals surface area contributed by atoms with Crippen molar-refractivity contribution in [3.63, 3.8) is 0 Å². The zero-order chi connectivity index (χ0) is 11.5. The van der Waals surface area contributed by atoms with Gasteiger partial charge >= 0.3 is 6.09 Å². The van der Waals surface area contributed by atoms with Crippen LogP contribution in [0.25, 0.3) is 0 Å². The quantitative estimate of drug-likeness (QED) is 0.688. The first-order valence-corrected chi connectivity index (χ1v) is 5.53. The smallest absolute Gasteiger partial charge is 0.410 e. The molecule has 0 spiro atoms. The molecule has 0 aromatic rings. The molecule has 3 nitrogen and oxygen atoms in total. The largest absolute Gasteiger partial charge is 0.444 e. The lowest BCUT2D eigenvalue weighted by Crippen LogP contribution is -2.41. The first-order valence-electron chi connectivity index (χ1n) is 5.53. The Morgan fingerprint density at radius 2 is 1.76 bits per heavy atom. The molecule has 1 amide bonds. The second-order valence-corrected chi connectivity index (χ2v) is 5.04. The number of hydrogen-bond acceptors (Lipinski definition) is 2. The van der Waals surface area contributed by atoms with Crippen molar-refractivity contribution in [2.45, 2.75) is 39.2 Å². The lowest BCUT2D eigenvalue weighted by molar-refractivity contribution is 0.0197. The average Bonchev–Trinajstić information content (AvgIpc) is 2.15. The third-order valence-corrected chi connectivity index (χ3v) is 2.52. The first kappa shape index (κ1) is 18.9. The number of piperidine rings is 1. The highest BCUT2D eigenvalue weighted by atomic mass is 35.5. The summed E-state index contributed by atoms with van der Waals surface area (Å²) in [5.74, 6) is 0.559. The van der Waals surface area contributed by atoms with E-state index < -0.39 is 5.60 Å². The van der Waals surface area contributed by atoms with Crippen molar-refractivity contribution >= 4 is 30.9 Å². The Kier molecular flexibility index (Phi) is 8.72. The summed E-state index contributed by atoms with van der Waals surface area (Å²) in [6.45, 7) is 11.0. The predicted octanol–water partition coefficient (Wildman–Crippen LogP) is 3.66. The minimum Gasteiger partial charge on any atom is -0.444 e. The van der Waals surface area contributed by atoms with E-state index in [2.05, 4.69) is 6.58 Å². The summed E-state index contributed by atoms with van der Waals surface area (Å²) < 4.78 is 5.31. The second-order valence-electron chi connectivity index (χ2n) is 5.04. The number of ether oxygens (including phenoxy) is 1. The number of nitrogens with zero attached hydrogens (tertiary/aromatic N) is 1.